The first kappa shape index (κ1) is 6.56. The fourth-order valence-corrected chi connectivity index (χ4v) is 0.779. The molecule has 2 unspecified atom stereocenters. The Morgan fingerprint density at radius 2 is 2.33 bits per heavy atom. The average molecular weight is 122 g/mol. The maximum Gasteiger partial charge on any atom is 0.0380 e. The van der Waals surface area contributed by atoms with Crippen LogP contribution in [0.4, 0.5) is 0 Å². The van der Waals surface area contributed by atoms with Crippen LogP contribution in [0.3, 0.4) is 0 Å². The summed E-state index contributed by atoms with van der Waals surface area (Å²) in [7, 11) is 0. The van der Waals surface area contributed by atoms with Gasteiger partial charge in [0, 0.05) is 11.5 Å². The molecule has 0 bridgehead atoms. The van der Waals surface area contributed by atoms with Crippen molar-refractivity contribution in [3.05, 3.63) is 24.3 Å². The lowest BCUT2D eigenvalue weighted by Crippen LogP contribution is -2.41. The molecule has 0 saturated carbocycles. The second-order valence-corrected chi connectivity index (χ2v) is 2.78. The molecular formula is C8H12N. The molecule has 2 atom stereocenters. The molecule has 49 valence electrons. The van der Waals surface area contributed by atoms with Gasteiger partial charge in [-0.1, -0.05) is 25.2 Å². The Kier molecular flexibility index (Phi) is 1.45. The number of hydrogen-bond donors (Lipinski definition) is 1. The lowest BCUT2D eigenvalue weighted by atomic mass is 9.85. The third kappa shape index (κ3) is 1.22. The van der Waals surface area contributed by atoms with Crippen molar-refractivity contribution in [3.63, 3.8) is 0 Å². The van der Waals surface area contributed by atoms with Gasteiger partial charge >= 0.3 is 0 Å². The molecule has 0 aromatic rings. The summed E-state index contributed by atoms with van der Waals surface area (Å²) in [6, 6.07) is 0. The largest absolute Gasteiger partial charge is 0.322 e. The van der Waals surface area contributed by atoms with E-state index in [1.807, 2.05) is 25.2 Å². The number of nitrogens with two attached hydrogens (primary N) is 1. The zero-order valence-electron chi connectivity index (χ0n) is 5.89. The van der Waals surface area contributed by atoms with Crippen LogP contribution >= 0.6 is 0 Å². The summed E-state index contributed by atoms with van der Waals surface area (Å²) in [4.78, 5) is 0. The number of allylic oxidation sites excluding steroid dienone is 2. The Morgan fingerprint density at radius 3 is 2.67 bits per heavy atom. The first-order valence-electron chi connectivity index (χ1n) is 3.19. The number of rotatable bonds is 0. The maximum atomic E-state index is 5.85. The zero-order chi connectivity index (χ0) is 6.91. The molecule has 1 aliphatic carbocycles. The van der Waals surface area contributed by atoms with Crippen LogP contribution in [-0.2, 0) is 0 Å². The Morgan fingerprint density at radius 1 is 1.67 bits per heavy atom. The molecule has 1 nitrogen and oxygen atoms in total. The zero-order valence-corrected chi connectivity index (χ0v) is 5.89. The molecule has 9 heavy (non-hydrogen) atoms. The molecular weight excluding hydrogens is 110 g/mol. The summed E-state index contributed by atoms with van der Waals surface area (Å²) in [5.74, 6) is 0.336. The van der Waals surface area contributed by atoms with Gasteiger partial charge in [0.15, 0.2) is 0 Å². The van der Waals surface area contributed by atoms with Crippen molar-refractivity contribution in [2.75, 3.05) is 0 Å². The fraction of sp³-hybridized carbons (Fsp3) is 0.500. The van der Waals surface area contributed by atoms with E-state index in [0.717, 1.165) is 0 Å². The second-order valence-electron chi connectivity index (χ2n) is 2.78. The third-order valence-corrected chi connectivity index (χ3v) is 1.83. The highest BCUT2D eigenvalue weighted by Crippen LogP contribution is 2.19. The van der Waals surface area contributed by atoms with Crippen molar-refractivity contribution < 1.29 is 0 Å². The normalized spacial score (nSPS) is 41.4. The van der Waals surface area contributed by atoms with E-state index in [2.05, 4.69) is 13.0 Å². The molecule has 0 aromatic heterocycles. The van der Waals surface area contributed by atoms with Crippen LogP contribution < -0.4 is 5.73 Å². The summed E-state index contributed by atoms with van der Waals surface area (Å²) in [6.45, 7) is 4.08. The van der Waals surface area contributed by atoms with Crippen molar-refractivity contribution in [1.29, 1.82) is 0 Å². The minimum Gasteiger partial charge on any atom is -0.322 e. The van der Waals surface area contributed by atoms with Crippen LogP contribution in [-0.4, -0.2) is 5.54 Å². The molecule has 0 saturated heterocycles. The van der Waals surface area contributed by atoms with Crippen LogP contribution in [0.5, 0.6) is 0 Å². The van der Waals surface area contributed by atoms with E-state index in [1.165, 1.54) is 0 Å². The topological polar surface area (TPSA) is 26.0 Å². The molecule has 1 aliphatic rings. The molecule has 1 radical (unpaired) electrons. The van der Waals surface area contributed by atoms with Gasteiger partial charge in [0.25, 0.3) is 0 Å². The predicted octanol–water partition coefficient (Wildman–Crippen LogP) is 1.27. The SMILES string of the molecule is CC1[C]=CC=CC1(C)N. The number of hydrogen-bond acceptors (Lipinski definition) is 1. The quantitative estimate of drug-likeness (QED) is 0.514. The van der Waals surface area contributed by atoms with Gasteiger partial charge in [-0.2, -0.15) is 0 Å². The Balaban J connectivity index is 2.78. The van der Waals surface area contributed by atoms with Crippen molar-refractivity contribution in [1.82, 2.24) is 0 Å². The van der Waals surface area contributed by atoms with Crippen molar-refractivity contribution in [3.8, 4) is 0 Å². The smallest absolute Gasteiger partial charge is 0.0380 e. The molecule has 0 heterocycles. The predicted molar refractivity (Wildman–Crippen MR) is 38.7 cm³/mol. The molecule has 1 heteroatoms. The van der Waals surface area contributed by atoms with Crippen LogP contribution in [0, 0.1) is 12.0 Å². The average Bonchev–Trinajstić information content (AvgIpc) is 1.77. The van der Waals surface area contributed by atoms with Crippen molar-refractivity contribution >= 4 is 0 Å². The highest BCUT2D eigenvalue weighted by Gasteiger charge is 2.22. The van der Waals surface area contributed by atoms with Gasteiger partial charge in [0.05, 0.1) is 0 Å². The van der Waals surface area contributed by atoms with Gasteiger partial charge in [-0.3, -0.25) is 0 Å². The van der Waals surface area contributed by atoms with Gasteiger partial charge in [0.1, 0.15) is 0 Å². The van der Waals surface area contributed by atoms with Crippen LogP contribution in [0.1, 0.15) is 13.8 Å². The Hall–Kier alpha value is -0.560. The van der Waals surface area contributed by atoms with E-state index in [0.29, 0.717) is 5.92 Å². The molecule has 0 aromatic carbocycles. The van der Waals surface area contributed by atoms with Gasteiger partial charge in [-0.05, 0) is 13.0 Å². The van der Waals surface area contributed by atoms with E-state index in [9.17, 15) is 0 Å². The summed E-state index contributed by atoms with van der Waals surface area (Å²) in [5.41, 5.74) is 5.67. The van der Waals surface area contributed by atoms with E-state index < -0.39 is 0 Å². The monoisotopic (exact) mass is 122 g/mol. The van der Waals surface area contributed by atoms with E-state index in [4.69, 9.17) is 5.73 Å². The molecule has 1 rings (SSSR count). The lowest BCUT2D eigenvalue weighted by molar-refractivity contribution is 0.445. The Bertz CT molecular complexity index is 154. The first-order valence-corrected chi connectivity index (χ1v) is 3.19. The third-order valence-electron chi connectivity index (χ3n) is 1.83. The maximum absolute atomic E-state index is 5.85. The second kappa shape index (κ2) is 1.99. The van der Waals surface area contributed by atoms with Crippen LogP contribution in [0.25, 0.3) is 0 Å². The van der Waals surface area contributed by atoms with Crippen molar-refractivity contribution in [2.24, 2.45) is 11.7 Å². The fourth-order valence-electron chi connectivity index (χ4n) is 0.779. The van der Waals surface area contributed by atoms with Crippen LogP contribution in [0.2, 0.25) is 0 Å². The minimum atomic E-state index is -0.186. The summed E-state index contributed by atoms with van der Waals surface area (Å²) < 4.78 is 0. The standard InChI is InChI=1S/C8H12N/c1-7-5-3-4-6-8(7,2)9/h3-4,6-7H,9H2,1-2H3. The van der Waals surface area contributed by atoms with E-state index >= 15 is 0 Å². The molecule has 2 N–H and O–H groups in total. The lowest BCUT2D eigenvalue weighted by Gasteiger charge is -2.27. The molecule has 0 aliphatic heterocycles. The highest BCUT2D eigenvalue weighted by molar-refractivity contribution is 5.18. The Labute approximate surface area is 56.2 Å². The summed E-state index contributed by atoms with van der Waals surface area (Å²) in [6.07, 6.45) is 9.00. The molecule has 0 amide bonds. The summed E-state index contributed by atoms with van der Waals surface area (Å²) >= 11 is 0. The van der Waals surface area contributed by atoms with E-state index in [-0.39, 0.29) is 5.54 Å². The van der Waals surface area contributed by atoms with Gasteiger partial charge < -0.3 is 5.73 Å². The van der Waals surface area contributed by atoms with Crippen molar-refractivity contribution in [2.45, 2.75) is 19.4 Å². The minimum absolute atomic E-state index is 0.186. The molecule has 0 fully saturated rings. The molecule has 0 spiro atoms. The van der Waals surface area contributed by atoms with Crippen LogP contribution in [0.15, 0.2) is 18.2 Å². The first-order chi connectivity index (χ1) is 4.13. The van der Waals surface area contributed by atoms with Gasteiger partial charge in [0.2, 0.25) is 0 Å². The highest BCUT2D eigenvalue weighted by atomic mass is 14.7. The summed E-state index contributed by atoms with van der Waals surface area (Å²) in [5, 5.41) is 0. The van der Waals surface area contributed by atoms with Gasteiger partial charge in [-0.25, -0.2) is 0 Å². The van der Waals surface area contributed by atoms with E-state index in [1.54, 1.807) is 0 Å². The van der Waals surface area contributed by atoms with Gasteiger partial charge in [-0.15, -0.1) is 0 Å².